The molecule has 2 aromatic carbocycles. The van der Waals surface area contributed by atoms with Crippen LogP contribution in [0.2, 0.25) is 0 Å². The Balaban J connectivity index is 1.67. The summed E-state index contributed by atoms with van der Waals surface area (Å²) in [7, 11) is 4.28. The van der Waals surface area contributed by atoms with Crippen molar-refractivity contribution in [1.82, 2.24) is 4.98 Å². The average molecular weight is 401 g/mol. The smallest absolute Gasteiger partial charge is 0.229 e. The Bertz CT molecular complexity index is 831. The molecule has 1 heterocycles. The normalized spacial score (nSPS) is 11.2. The molecule has 4 nitrogen and oxygen atoms in total. The highest BCUT2D eigenvalue weighted by Crippen LogP contribution is 2.29. The lowest BCUT2D eigenvalue weighted by Gasteiger charge is -2.20. The van der Waals surface area contributed by atoms with Crippen LogP contribution in [0.4, 0.5) is 5.13 Å². The van der Waals surface area contributed by atoms with E-state index < -0.39 is 0 Å². The largest absolute Gasteiger partial charge is 0.340 e. The fourth-order valence-corrected chi connectivity index (χ4v) is 4.67. The first kappa shape index (κ1) is 19.9. The summed E-state index contributed by atoms with van der Waals surface area (Å²) >= 11 is 3.33. The van der Waals surface area contributed by atoms with Crippen LogP contribution in [0.3, 0.4) is 0 Å². The first-order chi connectivity index (χ1) is 13.1. The minimum absolute atomic E-state index is 0.159. The lowest BCUT2D eigenvalue weighted by Crippen LogP contribution is -3.05. The van der Waals surface area contributed by atoms with Gasteiger partial charge in [0.25, 0.3) is 0 Å². The van der Waals surface area contributed by atoms with Gasteiger partial charge in [0.1, 0.15) is 0 Å². The summed E-state index contributed by atoms with van der Waals surface area (Å²) in [5, 5.41) is 0.819. The van der Waals surface area contributed by atoms with Gasteiger partial charge in [0, 0.05) is 30.0 Å². The van der Waals surface area contributed by atoms with Crippen LogP contribution in [0.1, 0.15) is 12.8 Å². The molecule has 0 fully saturated rings. The number of hydrogen-bond acceptors (Lipinski definition) is 4. The third-order valence-electron chi connectivity index (χ3n) is 4.20. The first-order valence-corrected chi connectivity index (χ1v) is 11.1. The summed E-state index contributed by atoms with van der Waals surface area (Å²) in [6, 6.07) is 18.3. The van der Waals surface area contributed by atoms with Crippen LogP contribution in [-0.4, -0.2) is 43.8 Å². The standard InChI is InChI=1S/C21H25N3OS2/c1-23(2)14-8-15-24(21-22-18-11-6-7-12-19(18)27-21)20(25)13-16-26-17-9-4-3-5-10-17/h3-7,9-12H,8,13-16H2,1-2H3/p+1. The Morgan fingerprint density at radius 3 is 2.59 bits per heavy atom. The molecule has 0 aliphatic heterocycles. The predicted octanol–water partition coefficient (Wildman–Crippen LogP) is 3.35. The van der Waals surface area contributed by atoms with E-state index in [1.165, 1.54) is 9.80 Å². The number of benzene rings is 2. The van der Waals surface area contributed by atoms with Crippen molar-refractivity contribution in [2.75, 3.05) is 37.8 Å². The first-order valence-electron chi connectivity index (χ1n) is 9.26. The van der Waals surface area contributed by atoms with Crippen molar-refractivity contribution in [2.45, 2.75) is 17.7 Å². The number of carbonyl (C=O) groups is 1. The molecular formula is C21H26N3OS2+. The van der Waals surface area contributed by atoms with Gasteiger partial charge >= 0.3 is 0 Å². The van der Waals surface area contributed by atoms with E-state index in [-0.39, 0.29) is 5.91 Å². The predicted molar refractivity (Wildman–Crippen MR) is 116 cm³/mol. The van der Waals surface area contributed by atoms with Crippen LogP contribution in [0, 0.1) is 0 Å². The van der Waals surface area contributed by atoms with Gasteiger partial charge in [-0.05, 0) is 24.3 Å². The Kier molecular flexibility index (Phi) is 7.26. The summed E-state index contributed by atoms with van der Waals surface area (Å²) in [5.74, 6) is 0.939. The molecule has 27 heavy (non-hydrogen) atoms. The van der Waals surface area contributed by atoms with Gasteiger partial charge < -0.3 is 4.90 Å². The van der Waals surface area contributed by atoms with Crippen LogP contribution in [0.5, 0.6) is 0 Å². The van der Waals surface area contributed by atoms with Gasteiger partial charge in [0.05, 0.1) is 30.9 Å². The molecule has 0 spiro atoms. The summed E-state index contributed by atoms with van der Waals surface area (Å²) in [4.78, 5) is 22.2. The van der Waals surface area contributed by atoms with Crippen molar-refractivity contribution < 1.29 is 9.69 Å². The van der Waals surface area contributed by atoms with E-state index in [1.54, 1.807) is 23.1 Å². The van der Waals surface area contributed by atoms with Gasteiger partial charge in [0.2, 0.25) is 5.91 Å². The average Bonchev–Trinajstić information content (AvgIpc) is 3.09. The highest BCUT2D eigenvalue weighted by molar-refractivity contribution is 7.99. The van der Waals surface area contributed by atoms with E-state index in [9.17, 15) is 4.79 Å². The van der Waals surface area contributed by atoms with Gasteiger partial charge in [-0.1, -0.05) is 41.7 Å². The number of nitrogens with zero attached hydrogens (tertiary/aromatic N) is 2. The lowest BCUT2D eigenvalue weighted by atomic mass is 10.3. The van der Waals surface area contributed by atoms with E-state index >= 15 is 0 Å². The molecule has 0 bridgehead atoms. The second-order valence-corrected chi connectivity index (χ2v) is 8.91. The van der Waals surface area contributed by atoms with Gasteiger partial charge in [-0.25, -0.2) is 4.98 Å². The fraction of sp³-hybridized carbons (Fsp3) is 0.333. The minimum Gasteiger partial charge on any atom is -0.340 e. The minimum atomic E-state index is 0.159. The van der Waals surface area contributed by atoms with Crippen LogP contribution in [-0.2, 0) is 4.79 Å². The SMILES string of the molecule is C[NH+](C)CCCN(C(=O)CCSc1ccccc1)c1nc2ccccc2s1. The van der Waals surface area contributed by atoms with E-state index in [2.05, 4.69) is 32.3 Å². The summed E-state index contributed by atoms with van der Waals surface area (Å²) in [5.41, 5.74) is 0.965. The number of carbonyl (C=O) groups excluding carboxylic acids is 1. The third-order valence-corrected chi connectivity index (χ3v) is 6.27. The van der Waals surface area contributed by atoms with Crippen molar-refractivity contribution >= 4 is 44.4 Å². The molecule has 0 saturated carbocycles. The van der Waals surface area contributed by atoms with E-state index in [0.29, 0.717) is 6.42 Å². The maximum Gasteiger partial charge on any atom is 0.229 e. The van der Waals surface area contributed by atoms with E-state index in [0.717, 1.165) is 40.6 Å². The molecule has 1 N–H and O–H groups in total. The van der Waals surface area contributed by atoms with E-state index in [1.807, 2.05) is 41.3 Å². The fourth-order valence-electron chi connectivity index (χ4n) is 2.80. The zero-order chi connectivity index (χ0) is 19.1. The van der Waals surface area contributed by atoms with Gasteiger partial charge in [0.15, 0.2) is 5.13 Å². The number of quaternary nitrogens is 1. The van der Waals surface area contributed by atoms with Gasteiger partial charge in [-0.15, -0.1) is 11.8 Å². The summed E-state index contributed by atoms with van der Waals surface area (Å²) in [6.45, 7) is 1.76. The van der Waals surface area contributed by atoms with Crippen molar-refractivity contribution in [3.63, 3.8) is 0 Å². The molecule has 1 aromatic heterocycles. The number of rotatable bonds is 9. The summed E-state index contributed by atoms with van der Waals surface area (Å²) in [6.07, 6.45) is 1.49. The second kappa shape index (κ2) is 9.88. The van der Waals surface area contributed by atoms with Gasteiger partial charge in [-0.2, -0.15) is 0 Å². The molecular weight excluding hydrogens is 374 g/mol. The Hall–Kier alpha value is -1.89. The zero-order valence-corrected chi connectivity index (χ0v) is 17.5. The number of fused-ring (bicyclic) bond motifs is 1. The van der Waals surface area contributed by atoms with Crippen LogP contribution >= 0.6 is 23.1 Å². The molecule has 3 rings (SSSR count). The van der Waals surface area contributed by atoms with Crippen molar-refractivity contribution in [3.8, 4) is 0 Å². The monoisotopic (exact) mass is 400 g/mol. The Labute approximate surface area is 169 Å². The number of aromatic nitrogens is 1. The molecule has 0 aliphatic rings. The number of hydrogen-bond donors (Lipinski definition) is 1. The van der Waals surface area contributed by atoms with Crippen molar-refractivity contribution in [1.29, 1.82) is 0 Å². The quantitative estimate of drug-likeness (QED) is 0.560. The molecule has 0 aliphatic carbocycles. The number of nitrogens with one attached hydrogen (secondary N) is 1. The highest BCUT2D eigenvalue weighted by atomic mass is 32.2. The molecule has 0 unspecified atom stereocenters. The molecule has 1 amide bonds. The van der Waals surface area contributed by atoms with Crippen molar-refractivity contribution in [3.05, 3.63) is 54.6 Å². The second-order valence-electron chi connectivity index (χ2n) is 6.73. The third kappa shape index (κ3) is 5.79. The number of anilines is 1. The lowest BCUT2D eigenvalue weighted by molar-refractivity contribution is -0.858. The van der Waals surface area contributed by atoms with Crippen LogP contribution in [0.25, 0.3) is 10.2 Å². The van der Waals surface area contributed by atoms with Crippen LogP contribution < -0.4 is 9.80 Å². The number of amides is 1. The number of thiazole rings is 1. The maximum atomic E-state index is 13.0. The zero-order valence-electron chi connectivity index (χ0n) is 15.9. The van der Waals surface area contributed by atoms with E-state index in [4.69, 9.17) is 4.98 Å². The Morgan fingerprint density at radius 1 is 1.11 bits per heavy atom. The molecule has 6 heteroatoms. The highest BCUT2D eigenvalue weighted by Gasteiger charge is 2.19. The molecule has 0 saturated heterocycles. The molecule has 0 atom stereocenters. The van der Waals surface area contributed by atoms with Gasteiger partial charge in [-0.3, -0.25) is 9.69 Å². The Morgan fingerprint density at radius 2 is 1.85 bits per heavy atom. The topological polar surface area (TPSA) is 37.6 Å². The molecule has 3 aromatic rings. The molecule has 142 valence electrons. The number of para-hydroxylation sites is 1. The van der Waals surface area contributed by atoms with Crippen molar-refractivity contribution in [2.24, 2.45) is 0 Å². The number of thioether (sulfide) groups is 1. The maximum absolute atomic E-state index is 13.0. The molecule has 0 radical (unpaired) electrons. The van der Waals surface area contributed by atoms with Crippen LogP contribution in [0.15, 0.2) is 59.5 Å². The summed E-state index contributed by atoms with van der Waals surface area (Å²) < 4.78 is 1.13.